The molecule has 1 rings (SSSR count). The van der Waals surface area contributed by atoms with Gasteiger partial charge >= 0.3 is 0 Å². The van der Waals surface area contributed by atoms with Gasteiger partial charge in [-0.3, -0.25) is 4.79 Å². The Labute approximate surface area is 101 Å². The predicted molar refractivity (Wildman–Crippen MR) is 64.2 cm³/mol. The second kappa shape index (κ2) is 5.35. The molecule has 4 nitrogen and oxygen atoms in total. The normalized spacial score (nSPS) is 10.5. The van der Waals surface area contributed by atoms with E-state index < -0.39 is 5.41 Å². The van der Waals surface area contributed by atoms with Crippen LogP contribution in [-0.4, -0.2) is 13.0 Å². The smallest absolute Gasteiger partial charge is 0.240 e. The summed E-state index contributed by atoms with van der Waals surface area (Å²) in [5, 5.41) is 11.6. The van der Waals surface area contributed by atoms with Crippen molar-refractivity contribution in [3.63, 3.8) is 0 Å². The molecule has 0 aliphatic rings. The first-order valence-electron chi connectivity index (χ1n) is 5.32. The molecular formula is C13H16N2O2. The van der Waals surface area contributed by atoms with Crippen molar-refractivity contribution in [2.75, 3.05) is 7.11 Å². The van der Waals surface area contributed by atoms with Crippen molar-refractivity contribution in [2.45, 2.75) is 20.4 Å². The van der Waals surface area contributed by atoms with Crippen LogP contribution in [0.25, 0.3) is 0 Å². The monoisotopic (exact) mass is 232 g/mol. The highest BCUT2D eigenvalue weighted by Gasteiger charge is 2.26. The van der Waals surface area contributed by atoms with Gasteiger partial charge in [0.1, 0.15) is 11.2 Å². The summed E-state index contributed by atoms with van der Waals surface area (Å²) < 4.78 is 5.17. The van der Waals surface area contributed by atoms with Gasteiger partial charge in [-0.05, 0) is 19.9 Å². The number of para-hydroxylation sites is 1. The lowest BCUT2D eigenvalue weighted by Gasteiger charge is -2.15. The molecule has 0 radical (unpaired) electrons. The molecule has 1 aromatic rings. The van der Waals surface area contributed by atoms with Crippen LogP contribution in [0.3, 0.4) is 0 Å². The maximum absolute atomic E-state index is 11.7. The first-order valence-corrected chi connectivity index (χ1v) is 5.32. The van der Waals surface area contributed by atoms with Gasteiger partial charge in [-0.2, -0.15) is 5.26 Å². The molecule has 0 bridgehead atoms. The van der Waals surface area contributed by atoms with Gasteiger partial charge in [-0.1, -0.05) is 18.2 Å². The number of carbonyl (C=O) groups is 1. The second-order valence-electron chi connectivity index (χ2n) is 4.23. The van der Waals surface area contributed by atoms with Gasteiger partial charge in [0.05, 0.1) is 13.2 Å². The molecule has 0 spiro atoms. The fourth-order valence-corrected chi connectivity index (χ4v) is 1.30. The summed E-state index contributed by atoms with van der Waals surface area (Å²) in [7, 11) is 1.58. The molecule has 90 valence electrons. The maximum Gasteiger partial charge on any atom is 0.240 e. The van der Waals surface area contributed by atoms with Gasteiger partial charge in [-0.25, -0.2) is 0 Å². The molecule has 0 saturated heterocycles. The van der Waals surface area contributed by atoms with E-state index in [1.807, 2.05) is 30.3 Å². The van der Waals surface area contributed by atoms with Crippen molar-refractivity contribution < 1.29 is 9.53 Å². The molecule has 1 aromatic carbocycles. The Kier molecular flexibility index (Phi) is 4.11. The lowest BCUT2D eigenvalue weighted by Crippen LogP contribution is -2.35. The van der Waals surface area contributed by atoms with Crippen LogP contribution in [0.5, 0.6) is 5.75 Å². The average molecular weight is 232 g/mol. The van der Waals surface area contributed by atoms with Crippen molar-refractivity contribution in [1.82, 2.24) is 5.32 Å². The predicted octanol–water partition coefficient (Wildman–Crippen LogP) is 1.86. The summed E-state index contributed by atoms with van der Waals surface area (Å²) in [4.78, 5) is 11.7. The molecule has 0 fully saturated rings. The van der Waals surface area contributed by atoms with E-state index in [-0.39, 0.29) is 5.91 Å². The van der Waals surface area contributed by atoms with E-state index in [4.69, 9.17) is 10.00 Å². The minimum absolute atomic E-state index is 0.286. The summed E-state index contributed by atoms with van der Waals surface area (Å²) in [6, 6.07) is 9.41. The minimum Gasteiger partial charge on any atom is -0.496 e. The Morgan fingerprint density at radius 1 is 1.47 bits per heavy atom. The highest BCUT2D eigenvalue weighted by molar-refractivity contribution is 5.84. The summed E-state index contributed by atoms with van der Waals surface area (Å²) in [5.74, 6) is 0.438. The molecule has 1 N–H and O–H groups in total. The van der Waals surface area contributed by atoms with E-state index in [1.54, 1.807) is 21.0 Å². The molecule has 1 amide bonds. The number of nitriles is 1. The Hall–Kier alpha value is -2.02. The van der Waals surface area contributed by atoms with Crippen LogP contribution in [0.1, 0.15) is 19.4 Å². The van der Waals surface area contributed by atoms with E-state index in [1.165, 1.54) is 0 Å². The van der Waals surface area contributed by atoms with E-state index in [0.29, 0.717) is 6.54 Å². The van der Waals surface area contributed by atoms with E-state index in [9.17, 15) is 4.79 Å². The third kappa shape index (κ3) is 3.22. The van der Waals surface area contributed by atoms with Crippen LogP contribution in [0, 0.1) is 16.7 Å². The number of rotatable bonds is 4. The topological polar surface area (TPSA) is 62.1 Å². The molecule has 17 heavy (non-hydrogen) atoms. The molecule has 0 unspecified atom stereocenters. The number of nitrogens with one attached hydrogen (secondary N) is 1. The fraction of sp³-hybridized carbons (Fsp3) is 0.385. The van der Waals surface area contributed by atoms with Crippen LogP contribution in [0.15, 0.2) is 24.3 Å². The third-order valence-corrected chi connectivity index (χ3v) is 2.48. The third-order valence-electron chi connectivity index (χ3n) is 2.48. The zero-order valence-corrected chi connectivity index (χ0v) is 10.3. The molecule has 0 saturated carbocycles. The fourth-order valence-electron chi connectivity index (χ4n) is 1.30. The molecule has 0 atom stereocenters. The second-order valence-corrected chi connectivity index (χ2v) is 4.23. The standard InChI is InChI=1S/C13H16N2O2/c1-13(2,9-14)12(16)15-8-10-6-4-5-7-11(10)17-3/h4-7H,8H2,1-3H3,(H,15,16). The molecule has 0 aliphatic heterocycles. The minimum atomic E-state index is -1.01. The summed E-state index contributed by atoms with van der Waals surface area (Å²) in [6.45, 7) is 3.53. The lowest BCUT2D eigenvalue weighted by molar-refractivity contribution is -0.126. The van der Waals surface area contributed by atoms with Crippen molar-refractivity contribution in [3.8, 4) is 11.8 Å². The number of benzene rings is 1. The van der Waals surface area contributed by atoms with Gasteiger partial charge in [-0.15, -0.1) is 0 Å². The van der Waals surface area contributed by atoms with E-state index in [0.717, 1.165) is 11.3 Å². The Balaban J connectivity index is 2.69. The van der Waals surface area contributed by atoms with Crippen LogP contribution >= 0.6 is 0 Å². The average Bonchev–Trinajstić information content (AvgIpc) is 2.36. The van der Waals surface area contributed by atoms with E-state index >= 15 is 0 Å². The molecule has 0 aromatic heterocycles. The Morgan fingerprint density at radius 2 is 2.12 bits per heavy atom. The summed E-state index contributed by atoms with van der Waals surface area (Å²) >= 11 is 0. The molecule has 0 heterocycles. The van der Waals surface area contributed by atoms with Gasteiger partial charge in [0.25, 0.3) is 0 Å². The van der Waals surface area contributed by atoms with Gasteiger partial charge < -0.3 is 10.1 Å². The zero-order chi connectivity index (χ0) is 12.9. The number of methoxy groups -OCH3 is 1. The van der Waals surface area contributed by atoms with Gasteiger partial charge in [0.2, 0.25) is 5.91 Å². The highest BCUT2D eigenvalue weighted by atomic mass is 16.5. The number of ether oxygens (including phenoxy) is 1. The number of hydrogen-bond acceptors (Lipinski definition) is 3. The highest BCUT2D eigenvalue weighted by Crippen LogP contribution is 2.18. The number of hydrogen-bond donors (Lipinski definition) is 1. The summed E-state index contributed by atoms with van der Waals surface area (Å²) in [5.41, 5.74) is -0.126. The number of carbonyl (C=O) groups excluding carboxylic acids is 1. The first kappa shape index (κ1) is 13.0. The van der Waals surface area contributed by atoms with Crippen LogP contribution in [0.4, 0.5) is 0 Å². The quantitative estimate of drug-likeness (QED) is 0.861. The SMILES string of the molecule is COc1ccccc1CNC(=O)C(C)(C)C#N. The number of amides is 1. The lowest BCUT2D eigenvalue weighted by atomic mass is 9.95. The van der Waals surface area contributed by atoms with E-state index in [2.05, 4.69) is 5.32 Å². The van der Waals surface area contributed by atoms with Crippen LogP contribution < -0.4 is 10.1 Å². The molecular weight excluding hydrogens is 216 g/mol. The zero-order valence-electron chi connectivity index (χ0n) is 10.3. The van der Waals surface area contributed by atoms with Gasteiger partial charge in [0, 0.05) is 12.1 Å². The van der Waals surface area contributed by atoms with Crippen molar-refractivity contribution in [1.29, 1.82) is 5.26 Å². The largest absolute Gasteiger partial charge is 0.496 e. The Bertz CT molecular complexity index is 447. The summed E-state index contributed by atoms with van der Waals surface area (Å²) in [6.07, 6.45) is 0. The molecule has 4 heteroatoms. The Morgan fingerprint density at radius 3 is 2.71 bits per heavy atom. The first-order chi connectivity index (χ1) is 8.01. The van der Waals surface area contributed by atoms with Crippen LogP contribution in [0.2, 0.25) is 0 Å². The number of nitrogens with zero attached hydrogens (tertiary/aromatic N) is 1. The van der Waals surface area contributed by atoms with Crippen molar-refractivity contribution >= 4 is 5.91 Å². The van der Waals surface area contributed by atoms with Crippen molar-refractivity contribution in [3.05, 3.63) is 29.8 Å². The van der Waals surface area contributed by atoms with Gasteiger partial charge in [0.15, 0.2) is 0 Å². The van der Waals surface area contributed by atoms with Crippen molar-refractivity contribution in [2.24, 2.45) is 5.41 Å². The molecule has 0 aliphatic carbocycles. The van der Waals surface area contributed by atoms with Crippen LogP contribution in [-0.2, 0) is 11.3 Å². The maximum atomic E-state index is 11.7.